The van der Waals surface area contributed by atoms with Crippen LogP contribution in [0.5, 0.6) is 0 Å². The number of ether oxygens (including phenoxy) is 3. The molecule has 0 radical (unpaired) electrons. The van der Waals surface area contributed by atoms with E-state index < -0.39 is 18.2 Å². The minimum atomic E-state index is -0.686. The standard InChI is InChI=1S/C13H23NO6/c1-5-10-11(15)12(9(4)20-10)18-7-19-14-8(3)13(16)17-6-2/h9-12,15H,5-7H2,1-4H3/b14-8-/t9-,10+,11?,12+/m0/s1. The molecule has 116 valence electrons. The van der Waals surface area contributed by atoms with Crippen LogP contribution in [0.3, 0.4) is 0 Å². The Hall–Kier alpha value is -1.18. The number of carbonyl (C=O) groups excluding carboxylic acids is 1. The lowest BCUT2D eigenvalue weighted by Crippen LogP contribution is -2.34. The maximum absolute atomic E-state index is 11.2. The van der Waals surface area contributed by atoms with Gasteiger partial charge in [-0.2, -0.15) is 0 Å². The highest BCUT2D eigenvalue weighted by molar-refractivity contribution is 6.35. The molecule has 1 N–H and O–H groups in total. The fraction of sp³-hybridized carbons (Fsp3) is 0.846. The van der Waals surface area contributed by atoms with Crippen molar-refractivity contribution in [2.45, 2.75) is 58.5 Å². The van der Waals surface area contributed by atoms with E-state index in [1.54, 1.807) is 6.92 Å². The molecule has 1 heterocycles. The van der Waals surface area contributed by atoms with E-state index in [1.807, 2.05) is 13.8 Å². The molecule has 1 rings (SSSR count). The van der Waals surface area contributed by atoms with Crippen LogP contribution < -0.4 is 0 Å². The second kappa shape index (κ2) is 8.18. The summed E-state index contributed by atoms with van der Waals surface area (Å²) in [6, 6.07) is 0. The fourth-order valence-electron chi connectivity index (χ4n) is 2.00. The van der Waals surface area contributed by atoms with E-state index in [4.69, 9.17) is 19.0 Å². The predicted octanol–water partition coefficient (Wildman–Crippen LogP) is 0.843. The first-order chi connectivity index (χ1) is 9.51. The zero-order chi connectivity index (χ0) is 15.1. The minimum Gasteiger partial charge on any atom is -0.461 e. The Balaban J connectivity index is 2.34. The van der Waals surface area contributed by atoms with Crippen LogP contribution in [0.1, 0.15) is 34.1 Å². The summed E-state index contributed by atoms with van der Waals surface area (Å²) in [7, 11) is 0. The molecule has 0 aromatic heterocycles. The van der Waals surface area contributed by atoms with Crippen molar-refractivity contribution >= 4 is 11.7 Å². The third-order valence-corrected chi connectivity index (χ3v) is 3.06. The lowest BCUT2D eigenvalue weighted by molar-refractivity contribution is -0.136. The van der Waals surface area contributed by atoms with Gasteiger partial charge in [0.1, 0.15) is 12.2 Å². The quantitative estimate of drug-likeness (QED) is 0.246. The Labute approximate surface area is 118 Å². The monoisotopic (exact) mass is 289 g/mol. The van der Waals surface area contributed by atoms with Gasteiger partial charge in [0.25, 0.3) is 0 Å². The molecule has 7 nitrogen and oxygen atoms in total. The maximum atomic E-state index is 11.2. The van der Waals surface area contributed by atoms with Gasteiger partial charge in [-0.3, -0.25) is 0 Å². The number of rotatable bonds is 7. The SMILES string of the molecule is CCOC(=O)/C(C)=N\OCO[C@H]1C(O)[C@@H](CC)O[C@H]1C. The third-order valence-electron chi connectivity index (χ3n) is 3.06. The van der Waals surface area contributed by atoms with E-state index >= 15 is 0 Å². The molecule has 20 heavy (non-hydrogen) atoms. The van der Waals surface area contributed by atoms with Gasteiger partial charge in [-0.1, -0.05) is 12.1 Å². The Bertz CT molecular complexity index is 346. The zero-order valence-electron chi connectivity index (χ0n) is 12.4. The zero-order valence-corrected chi connectivity index (χ0v) is 12.4. The molecule has 4 atom stereocenters. The van der Waals surface area contributed by atoms with Crippen LogP contribution in [0.4, 0.5) is 0 Å². The molecule has 0 amide bonds. The number of nitrogens with zero attached hydrogens (tertiary/aromatic N) is 1. The van der Waals surface area contributed by atoms with Gasteiger partial charge in [-0.25, -0.2) is 4.79 Å². The van der Waals surface area contributed by atoms with E-state index in [1.165, 1.54) is 6.92 Å². The second-order valence-electron chi connectivity index (χ2n) is 4.55. The lowest BCUT2D eigenvalue weighted by atomic mass is 10.1. The molecule has 0 aromatic rings. The molecule has 0 saturated carbocycles. The van der Waals surface area contributed by atoms with Crippen LogP contribution in [0.2, 0.25) is 0 Å². The molecule has 0 spiro atoms. The molecule has 0 aliphatic carbocycles. The predicted molar refractivity (Wildman–Crippen MR) is 71.2 cm³/mol. The topological polar surface area (TPSA) is 86.6 Å². The summed E-state index contributed by atoms with van der Waals surface area (Å²) in [5.74, 6) is -0.531. The molecule has 7 heteroatoms. The van der Waals surface area contributed by atoms with E-state index in [2.05, 4.69) is 5.16 Å². The molecule has 1 fully saturated rings. The summed E-state index contributed by atoms with van der Waals surface area (Å²) < 4.78 is 15.7. The van der Waals surface area contributed by atoms with Gasteiger partial charge in [0.05, 0.1) is 18.8 Å². The van der Waals surface area contributed by atoms with Crippen LogP contribution in [-0.4, -0.2) is 54.6 Å². The molecular formula is C13H23NO6. The Kier molecular flexibility index (Phi) is 6.90. The highest BCUT2D eigenvalue weighted by atomic mass is 16.8. The van der Waals surface area contributed by atoms with Crippen molar-refractivity contribution < 1.29 is 28.9 Å². The summed E-state index contributed by atoms with van der Waals surface area (Å²) in [5, 5.41) is 13.6. The maximum Gasteiger partial charge on any atom is 0.355 e. The Morgan fingerprint density at radius 2 is 2.10 bits per heavy atom. The van der Waals surface area contributed by atoms with Crippen molar-refractivity contribution in [3.63, 3.8) is 0 Å². The van der Waals surface area contributed by atoms with E-state index in [9.17, 15) is 9.90 Å². The summed E-state index contributed by atoms with van der Waals surface area (Å²) in [5.41, 5.74) is 0.109. The fourth-order valence-corrected chi connectivity index (χ4v) is 2.00. The van der Waals surface area contributed by atoms with Gasteiger partial charge in [-0.15, -0.1) is 0 Å². The number of oxime groups is 1. The molecule has 0 bridgehead atoms. The molecule has 1 unspecified atom stereocenters. The van der Waals surface area contributed by atoms with E-state index in [0.29, 0.717) is 6.42 Å². The van der Waals surface area contributed by atoms with E-state index in [-0.39, 0.29) is 31.3 Å². The van der Waals surface area contributed by atoms with E-state index in [0.717, 1.165) is 0 Å². The summed E-state index contributed by atoms with van der Waals surface area (Å²) >= 11 is 0. The van der Waals surface area contributed by atoms with Gasteiger partial charge in [0.2, 0.25) is 6.79 Å². The number of carbonyl (C=O) groups is 1. The molecular weight excluding hydrogens is 266 g/mol. The highest BCUT2D eigenvalue weighted by Crippen LogP contribution is 2.25. The van der Waals surface area contributed by atoms with Crippen molar-refractivity contribution in [3.8, 4) is 0 Å². The summed E-state index contributed by atoms with van der Waals surface area (Å²) in [6.07, 6.45) is -0.868. The minimum absolute atomic E-state index is 0.109. The van der Waals surface area contributed by atoms with Crippen LogP contribution in [-0.2, 0) is 23.8 Å². The number of aliphatic hydroxyl groups excluding tert-OH is 1. The smallest absolute Gasteiger partial charge is 0.355 e. The number of hydrogen-bond donors (Lipinski definition) is 1. The second-order valence-corrected chi connectivity index (χ2v) is 4.55. The average Bonchev–Trinajstić information content (AvgIpc) is 2.70. The van der Waals surface area contributed by atoms with Crippen molar-refractivity contribution in [2.24, 2.45) is 5.16 Å². The van der Waals surface area contributed by atoms with Crippen molar-refractivity contribution in [2.75, 3.05) is 13.4 Å². The summed E-state index contributed by atoms with van der Waals surface area (Å²) in [6.45, 7) is 7.08. The van der Waals surface area contributed by atoms with Gasteiger partial charge in [0.15, 0.2) is 5.71 Å². The van der Waals surface area contributed by atoms with Gasteiger partial charge in [-0.05, 0) is 27.2 Å². The van der Waals surface area contributed by atoms with Crippen LogP contribution in [0.25, 0.3) is 0 Å². The Morgan fingerprint density at radius 3 is 2.65 bits per heavy atom. The number of aliphatic hydroxyl groups is 1. The molecule has 1 aliphatic rings. The first-order valence-corrected chi connectivity index (χ1v) is 6.80. The van der Waals surface area contributed by atoms with Gasteiger partial charge >= 0.3 is 5.97 Å². The van der Waals surface area contributed by atoms with Crippen LogP contribution >= 0.6 is 0 Å². The normalized spacial score (nSPS) is 30.4. The van der Waals surface area contributed by atoms with Gasteiger partial charge in [0, 0.05) is 0 Å². The Morgan fingerprint density at radius 1 is 1.40 bits per heavy atom. The first kappa shape index (κ1) is 16.9. The average molecular weight is 289 g/mol. The van der Waals surface area contributed by atoms with Crippen molar-refractivity contribution in [1.29, 1.82) is 0 Å². The van der Waals surface area contributed by atoms with Crippen molar-refractivity contribution in [1.82, 2.24) is 0 Å². The number of esters is 1. The molecule has 1 aliphatic heterocycles. The first-order valence-electron chi connectivity index (χ1n) is 6.80. The molecule has 0 aromatic carbocycles. The largest absolute Gasteiger partial charge is 0.461 e. The highest BCUT2D eigenvalue weighted by Gasteiger charge is 2.41. The third kappa shape index (κ3) is 4.43. The van der Waals surface area contributed by atoms with Crippen molar-refractivity contribution in [3.05, 3.63) is 0 Å². The summed E-state index contributed by atoms with van der Waals surface area (Å²) in [4.78, 5) is 16.1. The lowest BCUT2D eigenvalue weighted by Gasteiger charge is -2.17. The number of hydrogen-bond acceptors (Lipinski definition) is 7. The van der Waals surface area contributed by atoms with Crippen LogP contribution in [0.15, 0.2) is 5.16 Å². The van der Waals surface area contributed by atoms with Gasteiger partial charge < -0.3 is 24.2 Å². The van der Waals surface area contributed by atoms with Crippen LogP contribution in [0, 0.1) is 0 Å². The molecule has 1 saturated heterocycles.